The highest BCUT2D eigenvalue weighted by atomic mass is 32.2. The monoisotopic (exact) mass is 1580 g/mol. The first-order valence-electron chi connectivity index (χ1n) is 39.6. The molecule has 22 heteroatoms. The predicted molar refractivity (Wildman–Crippen MR) is 467 cm³/mol. The molecule has 10 rings (SSSR count). The van der Waals surface area contributed by atoms with Crippen LogP contribution in [-0.2, 0) is 43.1 Å². The second kappa shape index (κ2) is 42.8. The number of sulfone groups is 1. The highest BCUT2D eigenvalue weighted by Crippen LogP contribution is 2.37. The van der Waals surface area contributed by atoms with Gasteiger partial charge < -0.3 is 35.4 Å². The van der Waals surface area contributed by atoms with Gasteiger partial charge in [0, 0.05) is 84.5 Å². The van der Waals surface area contributed by atoms with Crippen LogP contribution in [0.25, 0.3) is 10.2 Å². The smallest absolute Gasteiger partial charge is 0.293 e. The molecule has 622 valence electrons. The van der Waals surface area contributed by atoms with Gasteiger partial charge >= 0.3 is 0 Å². The number of piperazine rings is 1. The number of allylic oxidation sites excluding steroid dienone is 1. The van der Waals surface area contributed by atoms with Gasteiger partial charge in [0.2, 0.25) is 17.6 Å². The molecule has 110 heavy (non-hydrogen) atoms. The first-order valence-corrected chi connectivity index (χ1v) is 43.1. The van der Waals surface area contributed by atoms with Crippen molar-refractivity contribution < 1.29 is 27.5 Å². The molecular formula is C88H149N11O8S3. The lowest BCUT2D eigenvalue weighted by Gasteiger charge is -2.39. The van der Waals surface area contributed by atoms with Crippen molar-refractivity contribution in [1.29, 1.82) is 0 Å². The van der Waals surface area contributed by atoms with Crippen LogP contribution in [0.2, 0.25) is 0 Å². The SMILES string of the molecule is C=C1CN(C(C)(C)C)CCN1.C=C1NC(=O)C(CC(C)(C)C)S1.CC(C)(C)C1CCS(=O)(=O)C1.CC(C)(C)CC1CCCNC1=O.CC(C)(C)CCC1=NC=CC1.CC(C)(C)CCc1nc2ccccc2s1.Cc1cnc(CCC(C)(C)C)o1.Cc1nc(C(C)(C)C)c(C)c(=O)[nH]1.Cc1nc(C(C)(C)C)c(O)c(=O)[nH]1. The number of aromatic nitrogens is 6. The molecule has 5 aliphatic rings. The summed E-state index contributed by atoms with van der Waals surface area (Å²) < 4.78 is 28.8. The second-order valence-electron chi connectivity index (χ2n) is 40.1. The molecule has 0 spiro atoms. The van der Waals surface area contributed by atoms with E-state index < -0.39 is 15.4 Å². The zero-order valence-corrected chi connectivity index (χ0v) is 76.6. The number of nitrogens with one attached hydrogen (secondary N) is 5. The van der Waals surface area contributed by atoms with Crippen LogP contribution in [0.3, 0.4) is 0 Å². The minimum absolute atomic E-state index is 0.0302. The van der Waals surface area contributed by atoms with Crippen LogP contribution < -0.4 is 27.1 Å². The van der Waals surface area contributed by atoms with E-state index in [1.165, 1.54) is 28.3 Å². The summed E-state index contributed by atoms with van der Waals surface area (Å²) in [4.78, 5) is 74.3. The molecule has 4 aromatic heterocycles. The molecule has 1 aromatic carbocycles. The van der Waals surface area contributed by atoms with E-state index in [2.05, 4.69) is 265 Å². The number of amides is 2. The summed E-state index contributed by atoms with van der Waals surface area (Å²) >= 11 is 3.37. The van der Waals surface area contributed by atoms with E-state index in [4.69, 9.17) is 4.42 Å². The van der Waals surface area contributed by atoms with Crippen LogP contribution in [0.4, 0.5) is 0 Å². The number of piperidine rings is 1. The molecule has 0 radical (unpaired) electrons. The van der Waals surface area contributed by atoms with Crippen LogP contribution in [0.15, 0.2) is 85.6 Å². The number of hydrogen-bond donors (Lipinski definition) is 6. The lowest BCUT2D eigenvalue weighted by molar-refractivity contribution is -0.127. The quantitative estimate of drug-likeness (QED) is 0.0843. The van der Waals surface area contributed by atoms with Crippen LogP contribution in [-0.4, -0.2) is 114 Å². The van der Waals surface area contributed by atoms with Crippen molar-refractivity contribution in [2.75, 3.05) is 37.7 Å². The molecule has 19 nitrogen and oxygen atoms in total. The number of carbonyl (C=O) groups is 2. The third-order valence-corrected chi connectivity index (χ3v) is 22.1. The van der Waals surface area contributed by atoms with Gasteiger partial charge in [-0.15, -0.1) is 11.3 Å². The van der Waals surface area contributed by atoms with Crippen LogP contribution >= 0.6 is 23.1 Å². The fourth-order valence-electron chi connectivity index (χ4n) is 11.8. The standard InChI is InChI=1S/C13H17NS.C10H16N2O.C10H17NO.C10H19NO.C10H17N.C9H14N2O2.C9H18N2.C9H15NOS.C8H16O2S/c1-13(2,3)9-8-12-14-10-6-4-5-7-11(10)15-12;1-6-8(10(3,4)5)11-7(2)12-9(6)13;1-8-7-11-9(12-8)5-6-10(2,3)4;1-10(2,3)7-8-5-4-6-11-9(8)12;1-10(2,3)7-6-9-5-4-8-11-9;1-5-10-7(9(2,3)4)6(12)8(13)11-5;1-8-7-11(6-5-10-8)9(2,3)4;1-6-10-8(11)7(12-6)5-9(2,3)4;1-8(2,3)7-4-5-11(9,10)6-7/h4-7H,8-9H2,1-3H3;1-5H3,(H,11,12,13);7H,5-6H2,1-4H3;8H,4-7H2,1-3H3,(H,11,12);4,8H,5-7H2,1-3H3;12H,1-4H3,(H,10,11,13);10H,1,5-7H2,2-4H3;7H,1,5H2,2-4H3,(H,10,11);7H,4-6H2,1-3H3. The van der Waals surface area contributed by atoms with Gasteiger partial charge in [-0.3, -0.25) is 29.1 Å². The highest BCUT2D eigenvalue weighted by Gasteiger charge is 2.36. The number of oxazole rings is 1. The van der Waals surface area contributed by atoms with Gasteiger partial charge in [-0.25, -0.2) is 28.4 Å². The van der Waals surface area contributed by atoms with Gasteiger partial charge in [-0.2, -0.15) is 0 Å². The molecule has 3 unspecified atom stereocenters. The minimum atomic E-state index is -2.68. The summed E-state index contributed by atoms with van der Waals surface area (Å²) in [6, 6.07) is 8.36. The molecule has 0 aliphatic carbocycles. The maximum absolute atomic E-state index is 11.4. The Morgan fingerprint density at radius 1 is 0.636 bits per heavy atom. The Bertz CT molecular complexity index is 3910. The molecule has 2 amide bonds. The molecule has 3 atom stereocenters. The van der Waals surface area contributed by atoms with Crippen molar-refractivity contribution in [1.82, 2.24) is 50.8 Å². The third-order valence-electron chi connectivity index (χ3n) is 18.2. The molecule has 4 saturated heterocycles. The van der Waals surface area contributed by atoms with Crippen LogP contribution in [0.5, 0.6) is 5.75 Å². The van der Waals surface area contributed by atoms with E-state index >= 15 is 0 Å². The van der Waals surface area contributed by atoms with E-state index in [0.29, 0.717) is 51.0 Å². The van der Waals surface area contributed by atoms with E-state index in [1.54, 1.807) is 31.8 Å². The number of H-pyrrole nitrogens is 2. The third kappa shape index (κ3) is 42.0. The molecule has 5 aromatic rings. The van der Waals surface area contributed by atoms with Crippen molar-refractivity contribution in [3.63, 3.8) is 0 Å². The Morgan fingerprint density at radius 3 is 1.61 bits per heavy atom. The normalized spacial score (nSPS) is 18.1. The van der Waals surface area contributed by atoms with Gasteiger partial charge in [0.05, 0.1) is 54.6 Å². The lowest BCUT2D eigenvalue weighted by Crippen LogP contribution is -2.50. The number of benzene rings is 1. The fourth-order valence-corrected chi connectivity index (χ4v) is 16.1. The van der Waals surface area contributed by atoms with Gasteiger partial charge in [0.15, 0.2) is 15.7 Å². The minimum Gasteiger partial charge on any atom is -0.502 e. The number of aryl methyl sites for hydroxylation is 5. The number of para-hydroxylation sites is 1. The molecule has 0 bridgehead atoms. The summed E-state index contributed by atoms with van der Waals surface area (Å²) in [5.74, 6) is 4.49. The van der Waals surface area contributed by atoms with Gasteiger partial charge in [-0.05, 0) is 163 Å². The van der Waals surface area contributed by atoms with Crippen LogP contribution in [0, 0.1) is 72.0 Å². The van der Waals surface area contributed by atoms with Crippen LogP contribution in [0.1, 0.15) is 296 Å². The Hall–Kier alpha value is -6.23. The summed E-state index contributed by atoms with van der Waals surface area (Å²) in [6.45, 7) is 77.1. The van der Waals surface area contributed by atoms with Crippen molar-refractivity contribution >= 4 is 60.7 Å². The summed E-state index contributed by atoms with van der Waals surface area (Å²) in [7, 11) is -2.68. The number of aromatic hydroxyl groups is 1. The molecule has 9 heterocycles. The van der Waals surface area contributed by atoms with Crippen molar-refractivity contribution in [3.05, 3.63) is 133 Å². The lowest BCUT2D eigenvalue weighted by atomic mass is 9.81. The fraction of sp³-hybridized carbons (Fsp3) is 0.693. The predicted octanol–water partition coefficient (Wildman–Crippen LogP) is 19.9. The second-order valence-corrected chi connectivity index (χ2v) is 44.8. The highest BCUT2D eigenvalue weighted by molar-refractivity contribution is 8.04. The first-order chi connectivity index (χ1) is 49.9. The average Bonchev–Trinajstić information content (AvgIpc) is 0.901. The Balaban J connectivity index is 0.000000421. The topological polar surface area (TPSA) is 271 Å². The number of thioether (sulfide) groups is 1. The first kappa shape index (κ1) is 99.8. The molecule has 6 N–H and O–H groups in total. The van der Waals surface area contributed by atoms with E-state index in [-0.39, 0.29) is 66.9 Å². The number of aromatic amines is 2. The van der Waals surface area contributed by atoms with Crippen molar-refractivity contribution in [3.8, 4) is 5.75 Å². The summed E-state index contributed by atoms with van der Waals surface area (Å²) in [6.07, 6.45) is 18.6. The molecular weight excluding hydrogens is 1440 g/mol. The van der Waals surface area contributed by atoms with Gasteiger partial charge in [0.1, 0.15) is 17.4 Å². The van der Waals surface area contributed by atoms with Crippen molar-refractivity contribution in [2.45, 2.75) is 313 Å². The molecule has 4 fully saturated rings. The summed E-state index contributed by atoms with van der Waals surface area (Å²) in [5.41, 5.74) is 6.93. The number of hydrogen-bond acceptors (Lipinski definition) is 17. The van der Waals surface area contributed by atoms with E-state index in [0.717, 1.165) is 130 Å². The van der Waals surface area contributed by atoms with E-state index in [1.807, 2.05) is 52.2 Å². The Morgan fingerprint density at radius 2 is 1.18 bits per heavy atom. The largest absolute Gasteiger partial charge is 0.502 e. The zero-order valence-electron chi connectivity index (χ0n) is 74.1. The van der Waals surface area contributed by atoms with Gasteiger partial charge in [-0.1, -0.05) is 209 Å². The maximum atomic E-state index is 11.4. The summed E-state index contributed by atoms with van der Waals surface area (Å²) in [5, 5.41) is 20.5. The maximum Gasteiger partial charge on any atom is 0.293 e. The molecule has 0 saturated carbocycles. The number of carbonyl (C=O) groups excluding carboxylic acids is 2. The van der Waals surface area contributed by atoms with Crippen molar-refractivity contribution in [2.24, 2.45) is 49.3 Å². The average molecular weight is 1590 g/mol. The Kier molecular flexibility index (Phi) is 38.8. The Labute approximate surface area is 673 Å². The number of fused-ring (bicyclic) bond motifs is 1. The molecule has 5 aliphatic heterocycles. The number of aliphatic imine (C=N–C) groups is 1. The number of thiazole rings is 1. The van der Waals surface area contributed by atoms with Gasteiger partial charge in [0.25, 0.3) is 11.1 Å². The zero-order chi connectivity index (χ0) is 84.6. The number of nitrogens with zero attached hydrogens (tertiary/aromatic N) is 6. The van der Waals surface area contributed by atoms with E-state index in [9.17, 15) is 32.7 Å². The number of rotatable bonds is 8.